The maximum absolute atomic E-state index is 10.5. The minimum absolute atomic E-state index is 0.114. The zero-order valence-corrected chi connectivity index (χ0v) is 8.12. The van der Waals surface area contributed by atoms with E-state index in [0.717, 1.165) is 12.8 Å². The molecule has 1 fully saturated rings. The Hall–Kier alpha value is -0.610. The van der Waals surface area contributed by atoms with Crippen LogP contribution in [0.4, 0.5) is 0 Å². The highest BCUT2D eigenvalue weighted by Gasteiger charge is 2.27. The first kappa shape index (κ1) is 10.5. The van der Waals surface area contributed by atoms with Gasteiger partial charge in [-0.3, -0.25) is 4.79 Å². The first-order valence-corrected chi connectivity index (χ1v) is 4.66. The normalized spacial score (nSPS) is 34.5. The van der Waals surface area contributed by atoms with Crippen molar-refractivity contribution in [2.45, 2.75) is 44.4 Å². The lowest BCUT2D eigenvalue weighted by Crippen LogP contribution is -2.41. The van der Waals surface area contributed by atoms with E-state index in [0.29, 0.717) is 6.04 Å². The average Bonchev–Trinajstić information content (AvgIpc) is 2.01. The molecule has 76 valence electrons. The molecule has 0 radical (unpaired) electrons. The van der Waals surface area contributed by atoms with Gasteiger partial charge >= 0.3 is 5.97 Å². The molecule has 0 amide bonds. The van der Waals surface area contributed by atoms with Gasteiger partial charge in [0, 0.05) is 6.04 Å². The predicted octanol–water partition coefficient (Wildman–Crippen LogP) is 0.617. The van der Waals surface area contributed by atoms with E-state index in [4.69, 9.17) is 9.84 Å². The monoisotopic (exact) mass is 187 g/mol. The van der Waals surface area contributed by atoms with Gasteiger partial charge < -0.3 is 15.2 Å². The lowest BCUT2D eigenvalue weighted by atomic mass is 9.97. The quantitative estimate of drug-likeness (QED) is 0.680. The van der Waals surface area contributed by atoms with Gasteiger partial charge in [0.05, 0.1) is 18.6 Å². The largest absolute Gasteiger partial charge is 0.481 e. The number of hydrogen-bond donors (Lipinski definition) is 2. The average molecular weight is 187 g/mol. The lowest BCUT2D eigenvalue weighted by molar-refractivity contribution is -0.143. The van der Waals surface area contributed by atoms with Crippen molar-refractivity contribution in [1.29, 1.82) is 0 Å². The molecule has 0 aromatic heterocycles. The van der Waals surface area contributed by atoms with E-state index < -0.39 is 5.97 Å². The molecule has 0 aliphatic carbocycles. The van der Waals surface area contributed by atoms with Crippen LogP contribution in [-0.4, -0.2) is 36.4 Å². The van der Waals surface area contributed by atoms with Crippen molar-refractivity contribution in [3.63, 3.8) is 0 Å². The molecule has 4 nitrogen and oxygen atoms in total. The molecule has 0 aromatic carbocycles. The summed E-state index contributed by atoms with van der Waals surface area (Å²) in [6.07, 6.45) is 1.91. The van der Waals surface area contributed by atoms with Crippen LogP contribution in [0.3, 0.4) is 0 Å². The summed E-state index contributed by atoms with van der Waals surface area (Å²) in [5.74, 6) is -0.783. The third kappa shape index (κ3) is 3.32. The van der Waals surface area contributed by atoms with Crippen LogP contribution in [0.25, 0.3) is 0 Å². The van der Waals surface area contributed by atoms with Crippen molar-refractivity contribution >= 4 is 5.97 Å². The van der Waals surface area contributed by atoms with Crippen LogP contribution in [0.1, 0.15) is 26.2 Å². The summed E-state index contributed by atoms with van der Waals surface area (Å²) in [4.78, 5) is 10.5. The van der Waals surface area contributed by atoms with E-state index >= 15 is 0 Å². The second-order valence-corrected chi connectivity index (χ2v) is 3.62. The Balaban J connectivity index is 2.42. The van der Waals surface area contributed by atoms with Crippen molar-refractivity contribution in [3.8, 4) is 0 Å². The lowest BCUT2D eigenvalue weighted by Gasteiger charge is -2.33. The first-order chi connectivity index (χ1) is 6.11. The SMILES string of the molecule is CN[C@H]1C[C@@H](CC(=O)O)O[C@@H](C)C1. The molecule has 4 heteroatoms. The van der Waals surface area contributed by atoms with Gasteiger partial charge in [-0.1, -0.05) is 0 Å². The summed E-state index contributed by atoms with van der Waals surface area (Å²) in [6, 6.07) is 0.396. The fourth-order valence-electron chi connectivity index (χ4n) is 1.82. The second-order valence-electron chi connectivity index (χ2n) is 3.62. The highest BCUT2D eigenvalue weighted by Crippen LogP contribution is 2.21. The van der Waals surface area contributed by atoms with Gasteiger partial charge in [0.2, 0.25) is 0 Å². The summed E-state index contributed by atoms with van der Waals surface area (Å²) in [5, 5.41) is 11.8. The molecule has 1 aliphatic rings. The van der Waals surface area contributed by atoms with E-state index in [1.54, 1.807) is 0 Å². The number of carboxylic acids is 1. The van der Waals surface area contributed by atoms with Gasteiger partial charge in [-0.25, -0.2) is 0 Å². The highest BCUT2D eigenvalue weighted by molar-refractivity contribution is 5.67. The van der Waals surface area contributed by atoms with Crippen LogP contribution in [0.5, 0.6) is 0 Å². The van der Waals surface area contributed by atoms with Crippen molar-refractivity contribution in [2.75, 3.05) is 7.05 Å². The summed E-state index contributed by atoms with van der Waals surface area (Å²) in [5.41, 5.74) is 0. The molecule has 0 spiro atoms. The molecule has 1 aliphatic heterocycles. The van der Waals surface area contributed by atoms with Gasteiger partial charge in [-0.05, 0) is 26.8 Å². The molecule has 2 N–H and O–H groups in total. The van der Waals surface area contributed by atoms with Crippen molar-refractivity contribution in [3.05, 3.63) is 0 Å². The fourth-order valence-corrected chi connectivity index (χ4v) is 1.82. The zero-order valence-electron chi connectivity index (χ0n) is 8.12. The van der Waals surface area contributed by atoms with E-state index in [2.05, 4.69) is 5.32 Å². The standard InChI is InChI=1S/C9H17NO3/c1-6-3-7(10-2)4-8(13-6)5-9(11)12/h6-8,10H,3-5H2,1-2H3,(H,11,12)/t6-,7+,8-/m0/s1. The molecular formula is C9H17NO3. The van der Waals surface area contributed by atoms with Gasteiger partial charge in [-0.2, -0.15) is 0 Å². The molecule has 0 unspecified atom stereocenters. The maximum Gasteiger partial charge on any atom is 0.305 e. The summed E-state index contributed by atoms with van der Waals surface area (Å²) in [7, 11) is 1.90. The minimum atomic E-state index is -0.783. The van der Waals surface area contributed by atoms with Crippen LogP contribution < -0.4 is 5.32 Å². The molecule has 1 heterocycles. The van der Waals surface area contributed by atoms with Crippen molar-refractivity contribution in [2.24, 2.45) is 0 Å². The molecule has 13 heavy (non-hydrogen) atoms. The van der Waals surface area contributed by atoms with E-state index in [1.165, 1.54) is 0 Å². The Bertz CT molecular complexity index is 184. The first-order valence-electron chi connectivity index (χ1n) is 4.66. The molecule has 1 saturated heterocycles. The van der Waals surface area contributed by atoms with Crippen LogP contribution >= 0.6 is 0 Å². The van der Waals surface area contributed by atoms with Gasteiger partial charge in [-0.15, -0.1) is 0 Å². The maximum atomic E-state index is 10.5. The number of carboxylic acid groups (broad SMARTS) is 1. The van der Waals surface area contributed by atoms with E-state index in [-0.39, 0.29) is 18.6 Å². The Labute approximate surface area is 78.3 Å². The smallest absolute Gasteiger partial charge is 0.305 e. The summed E-state index contributed by atoms with van der Waals surface area (Å²) in [6.45, 7) is 1.98. The van der Waals surface area contributed by atoms with Crippen LogP contribution in [-0.2, 0) is 9.53 Å². The van der Waals surface area contributed by atoms with Crippen LogP contribution in [0, 0.1) is 0 Å². The Morgan fingerprint density at radius 1 is 1.62 bits per heavy atom. The number of rotatable bonds is 3. The molecule has 0 bridgehead atoms. The summed E-state index contributed by atoms with van der Waals surface area (Å²) < 4.78 is 5.51. The second kappa shape index (κ2) is 4.58. The minimum Gasteiger partial charge on any atom is -0.481 e. The summed E-state index contributed by atoms with van der Waals surface area (Å²) >= 11 is 0. The molecule has 1 rings (SSSR count). The topological polar surface area (TPSA) is 58.6 Å². The predicted molar refractivity (Wildman–Crippen MR) is 48.7 cm³/mol. The molecule has 0 saturated carbocycles. The Morgan fingerprint density at radius 3 is 2.85 bits per heavy atom. The number of nitrogens with one attached hydrogen (secondary N) is 1. The van der Waals surface area contributed by atoms with E-state index in [1.807, 2.05) is 14.0 Å². The highest BCUT2D eigenvalue weighted by atomic mass is 16.5. The molecular weight excluding hydrogens is 170 g/mol. The zero-order chi connectivity index (χ0) is 9.84. The molecule has 0 aromatic rings. The Morgan fingerprint density at radius 2 is 2.31 bits per heavy atom. The van der Waals surface area contributed by atoms with Crippen molar-refractivity contribution < 1.29 is 14.6 Å². The third-order valence-electron chi connectivity index (χ3n) is 2.40. The number of carbonyl (C=O) groups is 1. The van der Waals surface area contributed by atoms with Crippen molar-refractivity contribution in [1.82, 2.24) is 5.32 Å². The van der Waals surface area contributed by atoms with Gasteiger partial charge in [0.25, 0.3) is 0 Å². The Kier molecular flexibility index (Phi) is 3.69. The molecule has 3 atom stereocenters. The fraction of sp³-hybridized carbons (Fsp3) is 0.889. The van der Waals surface area contributed by atoms with Crippen LogP contribution in [0.2, 0.25) is 0 Å². The number of hydrogen-bond acceptors (Lipinski definition) is 3. The van der Waals surface area contributed by atoms with E-state index in [9.17, 15) is 4.79 Å². The van der Waals surface area contributed by atoms with Crippen LogP contribution in [0.15, 0.2) is 0 Å². The van der Waals surface area contributed by atoms with Gasteiger partial charge in [0.15, 0.2) is 0 Å². The number of ether oxygens (including phenoxy) is 1. The number of aliphatic carboxylic acids is 1. The van der Waals surface area contributed by atoms with Gasteiger partial charge in [0.1, 0.15) is 0 Å². The third-order valence-corrected chi connectivity index (χ3v) is 2.40.